The smallest absolute Gasteiger partial charge is 0.171 e. The van der Waals surface area contributed by atoms with Crippen LogP contribution in [0.15, 0.2) is 24.4 Å². The lowest BCUT2D eigenvalue weighted by atomic mass is 10.2. The van der Waals surface area contributed by atoms with Crippen molar-refractivity contribution in [2.24, 2.45) is 7.05 Å². The first-order valence-electron chi connectivity index (χ1n) is 8.76. The third kappa shape index (κ3) is 4.48. The Morgan fingerprint density at radius 3 is 2.54 bits per heavy atom. The van der Waals surface area contributed by atoms with Crippen LogP contribution >= 0.6 is 35.4 Å². The molecule has 28 heavy (non-hydrogen) atoms. The maximum absolute atomic E-state index is 6.12. The van der Waals surface area contributed by atoms with E-state index in [1.807, 2.05) is 55.5 Å². The first-order valence-corrected chi connectivity index (χ1v) is 9.93. The normalized spacial score (nSPS) is 10.9. The Labute approximate surface area is 179 Å². The zero-order chi connectivity index (χ0) is 20.4. The Morgan fingerprint density at radius 2 is 1.89 bits per heavy atom. The average Bonchev–Trinajstić information content (AvgIpc) is 3.10. The lowest BCUT2D eigenvalue weighted by molar-refractivity contribution is 0.659. The monoisotopic (exact) mass is 436 g/mol. The van der Waals surface area contributed by atoms with E-state index in [2.05, 4.69) is 20.8 Å². The van der Waals surface area contributed by atoms with Gasteiger partial charge in [-0.3, -0.25) is 9.36 Å². The molecular weight excluding hydrogens is 415 g/mol. The summed E-state index contributed by atoms with van der Waals surface area (Å²) in [6.45, 7) is 7.20. The van der Waals surface area contributed by atoms with Crippen LogP contribution in [-0.2, 0) is 20.1 Å². The Morgan fingerprint density at radius 1 is 1.14 bits per heavy atom. The van der Waals surface area contributed by atoms with E-state index < -0.39 is 0 Å². The zero-order valence-corrected chi connectivity index (χ0v) is 18.5. The minimum atomic E-state index is 0.537. The van der Waals surface area contributed by atoms with Crippen molar-refractivity contribution < 1.29 is 0 Å². The van der Waals surface area contributed by atoms with Crippen molar-refractivity contribution in [1.29, 1.82) is 0 Å². The molecule has 9 heteroatoms. The lowest BCUT2D eigenvalue weighted by Crippen LogP contribution is -2.28. The molecule has 2 aromatic heterocycles. The molecule has 0 radical (unpaired) electrons. The number of anilines is 1. The number of aromatic nitrogens is 4. The summed E-state index contributed by atoms with van der Waals surface area (Å²) in [5, 5.41) is 17.0. The number of hydrogen-bond acceptors (Lipinski definition) is 3. The second-order valence-electron chi connectivity index (χ2n) is 6.64. The first-order chi connectivity index (χ1) is 13.3. The van der Waals surface area contributed by atoms with Crippen LogP contribution in [-0.4, -0.2) is 24.7 Å². The zero-order valence-electron chi connectivity index (χ0n) is 16.2. The van der Waals surface area contributed by atoms with Crippen LogP contribution in [0.2, 0.25) is 10.0 Å². The summed E-state index contributed by atoms with van der Waals surface area (Å²) in [6.07, 6.45) is 1.84. The topological polar surface area (TPSA) is 59.7 Å². The largest absolute Gasteiger partial charge is 0.358 e. The predicted molar refractivity (Wildman–Crippen MR) is 118 cm³/mol. The van der Waals surface area contributed by atoms with Crippen LogP contribution in [0, 0.1) is 20.8 Å². The molecule has 0 bridgehead atoms. The maximum atomic E-state index is 6.12. The molecule has 6 nitrogen and oxygen atoms in total. The summed E-state index contributed by atoms with van der Waals surface area (Å²) in [4.78, 5) is 0. The Hall–Kier alpha value is -2.09. The van der Waals surface area contributed by atoms with Crippen molar-refractivity contribution in [2.45, 2.75) is 33.9 Å². The molecule has 0 amide bonds. The molecular formula is C19H22Cl2N6S. The molecule has 0 fully saturated rings. The number of benzene rings is 1. The van der Waals surface area contributed by atoms with Gasteiger partial charge in [0.25, 0.3) is 0 Å². The molecule has 0 spiro atoms. The van der Waals surface area contributed by atoms with Crippen LogP contribution in [0.4, 0.5) is 5.69 Å². The van der Waals surface area contributed by atoms with Crippen LogP contribution in [0.5, 0.6) is 0 Å². The number of halogens is 2. The molecule has 2 heterocycles. The van der Waals surface area contributed by atoms with E-state index in [4.69, 9.17) is 35.4 Å². The Balaban J connectivity index is 1.68. The number of aryl methyl sites for hydroxylation is 2. The molecule has 0 aliphatic carbocycles. The van der Waals surface area contributed by atoms with Gasteiger partial charge in [0.2, 0.25) is 0 Å². The van der Waals surface area contributed by atoms with Gasteiger partial charge in [0.15, 0.2) is 5.11 Å². The number of nitrogens with one attached hydrogen (secondary N) is 2. The quantitative estimate of drug-likeness (QED) is 0.580. The van der Waals surface area contributed by atoms with Crippen LogP contribution in [0.25, 0.3) is 0 Å². The summed E-state index contributed by atoms with van der Waals surface area (Å²) in [5.41, 5.74) is 6.01. The number of hydrogen-bond donors (Lipinski definition) is 2. The molecule has 3 rings (SSSR count). The molecule has 0 aliphatic rings. The van der Waals surface area contributed by atoms with Gasteiger partial charge in [-0.05, 0) is 50.7 Å². The highest BCUT2D eigenvalue weighted by atomic mass is 35.5. The minimum Gasteiger partial charge on any atom is -0.358 e. The Kier molecular flexibility index (Phi) is 6.27. The number of thiocarbonyl (C=S) groups is 1. The number of rotatable bonds is 5. The van der Waals surface area contributed by atoms with E-state index in [-0.39, 0.29) is 0 Å². The molecule has 148 valence electrons. The van der Waals surface area contributed by atoms with E-state index in [9.17, 15) is 0 Å². The summed E-state index contributed by atoms with van der Waals surface area (Å²) in [6, 6.07) is 5.60. The molecule has 3 aromatic rings. The van der Waals surface area contributed by atoms with Crippen molar-refractivity contribution in [3.8, 4) is 0 Å². The summed E-state index contributed by atoms with van der Waals surface area (Å²) in [5.74, 6) is 0. The molecule has 0 saturated carbocycles. The molecule has 0 aliphatic heterocycles. The Bertz CT molecular complexity index is 1020. The maximum Gasteiger partial charge on any atom is 0.171 e. The SMILES string of the molecule is Cc1nn(Cc2ccc(Cl)c(Cl)c2)c(C)c1NC(=S)NCc1cnn(C)c1C. The van der Waals surface area contributed by atoms with Crippen molar-refractivity contribution >= 4 is 46.2 Å². The second kappa shape index (κ2) is 8.51. The standard InChI is InChI=1S/C19H22Cl2N6S/c1-11-18(24-19(28)22-8-15-9-23-26(4)12(15)2)13(3)27(25-11)10-14-5-6-16(20)17(21)7-14/h5-7,9H,8,10H2,1-4H3,(H2,22,24,28). The average molecular weight is 437 g/mol. The fraction of sp³-hybridized carbons (Fsp3) is 0.316. The first kappa shape index (κ1) is 20.6. The van der Waals surface area contributed by atoms with Gasteiger partial charge in [-0.25, -0.2) is 0 Å². The lowest BCUT2D eigenvalue weighted by Gasteiger charge is -2.11. The predicted octanol–water partition coefficient (Wildman–Crippen LogP) is 4.38. The van der Waals surface area contributed by atoms with Gasteiger partial charge in [-0.2, -0.15) is 10.2 Å². The molecule has 0 atom stereocenters. The van der Waals surface area contributed by atoms with Crippen molar-refractivity contribution in [3.05, 3.63) is 62.6 Å². The van der Waals surface area contributed by atoms with E-state index in [1.165, 1.54) is 0 Å². The van der Waals surface area contributed by atoms with Crippen LogP contribution in [0.3, 0.4) is 0 Å². The van der Waals surface area contributed by atoms with Crippen molar-refractivity contribution in [1.82, 2.24) is 24.9 Å². The van der Waals surface area contributed by atoms with Gasteiger partial charge in [0.1, 0.15) is 0 Å². The third-order valence-electron chi connectivity index (χ3n) is 4.71. The van der Waals surface area contributed by atoms with E-state index in [0.717, 1.165) is 33.9 Å². The fourth-order valence-electron chi connectivity index (χ4n) is 2.89. The fourth-order valence-corrected chi connectivity index (χ4v) is 3.39. The third-order valence-corrected chi connectivity index (χ3v) is 5.70. The highest BCUT2D eigenvalue weighted by molar-refractivity contribution is 7.80. The molecule has 0 unspecified atom stereocenters. The summed E-state index contributed by atoms with van der Waals surface area (Å²) >= 11 is 17.6. The van der Waals surface area contributed by atoms with Crippen LogP contribution in [0.1, 0.15) is 28.2 Å². The van der Waals surface area contributed by atoms with Gasteiger partial charge in [-0.15, -0.1) is 0 Å². The highest BCUT2D eigenvalue weighted by Gasteiger charge is 2.14. The van der Waals surface area contributed by atoms with Gasteiger partial charge in [-0.1, -0.05) is 29.3 Å². The highest BCUT2D eigenvalue weighted by Crippen LogP contribution is 2.25. The second-order valence-corrected chi connectivity index (χ2v) is 7.86. The molecule has 2 N–H and O–H groups in total. The van der Waals surface area contributed by atoms with Gasteiger partial charge >= 0.3 is 0 Å². The molecule has 0 saturated heterocycles. The number of nitrogens with zero attached hydrogens (tertiary/aromatic N) is 4. The van der Waals surface area contributed by atoms with Crippen LogP contribution < -0.4 is 10.6 Å². The van der Waals surface area contributed by atoms with Gasteiger partial charge < -0.3 is 10.6 Å². The summed E-state index contributed by atoms with van der Waals surface area (Å²) in [7, 11) is 1.92. The van der Waals surface area contributed by atoms with E-state index in [1.54, 1.807) is 6.07 Å². The van der Waals surface area contributed by atoms with Gasteiger partial charge in [0, 0.05) is 24.8 Å². The van der Waals surface area contributed by atoms with E-state index in [0.29, 0.717) is 28.2 Å². The van der Waals surface area contributed by atoms with E-state index >= 15 is 0 Å². The van der Waals surface area contributed by atoms with Gasteiger partial charge in [0.05, 0.1) is 39.9 Å². The van der Waals surface area contributed by atoms with Crippen molar-refractivity contribution in [2.75, 3.05) is 5.32 Å². The minimum absolute atomic E-state index is 0.537. The molecule has 1 aromatic carbocycles. The summed E-state index contributed by atoms with van der Waals surface area (Å²) < 4.78 is 3.76. The van der Waals surface area contributed by atoms with Crippen molar-refractivity contribution in [3.63, 3.8) is 0 Å².